The maximum Gasteiger partial charge on any atom is 0.295 e. The fourth-order valence-corrected chi connectivity index (χ4v) is 4.13. The first kappa shape index (κ1) is 22.3. The van der Waals surface area contributed by atoms with Crippen LogP contribution in [0.15, 0.2) is 84.4 Å². The zero-order valence-corrected chi connectivity index (χ0v) is 18.8. The molecule has 1 atom stereocenters. The summed E-state index contributed by atoms with van der Waals surface area (Å²) in [6, 6.07) is 23.8. The minimum atomic E-state index is -0.667. The van der Waals surface area contributed by atoms with Crippen LogP contribution in [0.1, 0.15) is 35.2 Å². The Balaban J connectivity index is 1.75. The van der Waals surface area contributed by atoms with Gasteiger partial charge in [0.2, 0.25) is 0 Å². The molecule has 1 aliphatic heterocycles. The van der Waals surface area contributed by atoms with E-state index in [1.807, 2.05) is 68.4 Å². The van der Waals surface area contributed by atoms with E-state index in [4.69, 9.17) is 4.74 Å². The van der Waals surface area contributed by atoms with Crippen molar-refractivity contribution in [1.29, 1.82) is 0 Å². The lowest BCUT2D eigenvalue weighted by molar-refractivity contribution is -0.139. The van der Waals surface area contributed by atoms with Gasteiger partial charge in [-0.25, -0.2) is 0 Å². The molecule has 5 heteroatoms. The fourth-order valence-electron chi connectivity index (χ4n) is 4.13. The van der Waals surface area contributed by atoms with Crippen molar-refractivity contribution in [2.45, 2.75) is 26.3 Å². The molecule has 1 aliphatic rings. The smallest absolute Gasteiger partial charge is 0.295 e. The first-order valence-corrected chi connectivity index (χ1v) is 11.1. The van der Waals surface area contributed by atoms with Crippen molar-refractivity contribution >= 4 is 17.4 Å². The zero-order valence-electron chi connectivity index (χ0n) is 18.8. The number of likely N-dealkylation sites (tertiary alicyclic amines) is 1. The van der Waals surface area contributed by atoms with Crippen molar-refractivity contribution in [2.75, 3.05) is 13.2 Å². The molecule has 1 N–H and O–H groups in total. The topological polar surface area (TPSA) is 66.8 Å². The van der Waals surface area contributed by atoms with E-state index in [1.165, 1.54) is 0 Å². The maximum atomic E-state index is 13.1. The van der Waals surface area contributed by atoms with Crippen LogP contribution in [0.2, 0.25) is 0 Å². The lowest BCUT2D eigenvalue weighted by Crippen LogP contribution is -2.31. The molecule has 0 aliphatic carbocycles. The van der Waals surface area contributed by atoms with E-state index < -0.39 is 17.7 Å². The Morgan fingerprint density at radius 2 is 1.61 bits per heavy atom. The Morgan fingerprint density at radius 1 is 0.939 bits per heavy atom. The summed E-state index contributed by atoms with van der Waals surface area (Å²) in [7, 11) is 0. The third-order valence-corrected chi connectivity index (χ3v) is 5.86. The number of carbonyl (C=O) groups excluding carboxylic acids is 2. The monoisotopic (exact) mass is 441 g/mol. The van der Waals surface area contributed by atoms with Gasteiger partial charge in [0.25, 0.3) is 11.7 Å². The summed E-state index contributed by atoms with van der Waals surface area (Å²) in [4.78, 5) is 27.8. The molecule has 1 amide bonds. The largest absolute Gasteiger partial charge is 0.507 e. The minimum Gasteiger partial charge on any atom is -0.507 e. The molecule has 5 nitrogen and oxygen atoms in total. The Bertz CT molecular complexity index is 1160. The van der Waals surface area contributed by atoms with E-state index in [1.54, 1.807) is 29.2 Å². The number of nitrogens with zero attached hydrogens (tertiary/aromatic N) is 1. The molecule has 3 aromatic rings. The van der Waals surface area contributed by atoms with Gasteiger partial charge in [-0.15, -0.1) is 0 Å². The highest BCUT2D eigenvalue weighted by Gasteiger charge is 2.45. The van der Waals surface area contributed by atoms with Crippen LogP contribution in [0.5, 0.6) is 5.75 Å². The number of aliphatic hydroxyl groups is 1. The number of carbonyl (C=O) groups is 2. The minimum absolute atomic E-state index is 0.112. The Morgan fingerprint density at radius 3 is 2.24 bits per heavy atom. The molecule has 0 aromatic heterocycles. The van der Waals surface area contributed by atoms with Gasteiger partial charge in [0.05, 0.1) is 18.2 Å². The highest BCUT2D eigenvalue weighted by Crippen LogP contribution is 2.39. The molecule has 1 saturated heterocycles. The number of aliphatic hydroxyl groups excluding tert-OH is 1. The van der Waals surface area contributed by atoms with Crippen LogP contribution < -0.4 is 4.74 Å². The van der Waals surface area contributed by atoms with E-state index in [2.05, 4.69) is 0 Å². The lowest BCUT2D eigenvalue weighted by Gasteiger charge is -2.25. The molecule has 4 rings (SSSR count). The first-order valence-electron chi connectivity index (χ1n) is 11.1. The second-order valence-corrected chi connectivity index (χ2v) is 8.10. The number of aryl methyl sites for hydroxylation is 1. The molecule has 0 bridgehead atoms. The van der Waals surface area contributed by atoms with Gasteiger partial charge in [0.1, 0.15) is 11.5 Å². The van der Waals surface area contributed by atoms with Gasteiger partial charge in [-0.2, -0.15) is 0 Å². The second-order valence-electron chi connectivity index (χ2n) is 8.10. The number of benzene rings is 3. The first-order chi connectivity index (χ1) is 16.0. The number of hydrogen-bond acceptors (Lipinski definition) is 4. The fraction of sp³-hybridized carbons (Fsp3) is 0.214. The van der Waals surface area contributed by atoms with Gasteiger partial charge in [0.15, 0.2) is 0 Å². The summed E-state index contributed by atoms with van der Waals surface area (Å²) >= 11 is 0. The van der Waals surface area contributed by atoms with Crippen molar-refractivity contribution in [3.8, 4) is 5.75 Å². The van der Waals surface area contributed by atoms with Crippen molar-refractivity contribution in [3.05, 3.63) is 107 Å². The van der Waals surface area contributed by atoms with E-state index >= 15 is 0 Å². The van der Waals surface area contributed by atoms with Gasteiger partial charge in [-0.1, -0.05) is 60.2 Å². The molecule has 1 heterocycles. The van der Waals surface area contributed by atoms with Crippen LogP contribution in [0.25, 0.3) is 5.76 Å². The number of Topliss-reactive ketones (excluding diaryl/α,β-unsaturated/α-hetero) is 1. The molecule has 1 fully saturated rings. The predicted octanol–water partition coefficient (Wildman–Crippen LogP) is 5.06. The lowest BCUT2D eigenvalue weighted by atomic mass is 9.94. The quantitative estimate of drug-likeness (QED) is 0.316. The zero-order chi connectivity index (χ0) is 23.4. The van der Waals surface area contributed by atoms with Crippen LogP contribution in [0.4, 0.5) is 0 Å². The maximum absolute atomic E-state index is 13.1. The molecular formula is C28H27NO4. The Hall–Kier alpha value is -3.86. The van der Waals surface area contributed by atoms with Gasteiger partial charge >= 0.3 is 0 Å². The summed E-state index contributed by atoms with van der Waals surface area (Å²) < 4.78 is 5.47. The van der Waals surface area contributed by atoms with Crippen LogP contribution in [0.3, 0.4) is 0 Å². The third kappa shape index (κ3) is 4.67. The van der Waals surface area contributed by atoms with Crippen molar-refractivity contribution in [3.63, 3.8) is 0 Å². The van der Waals surface area contributed by atoms with Crippen molar-refractivity contribution in [1.82, 2.24) is 4.90 Å². The summed E-state index contributed by atoms with van der Waals surface area (Å²) in [5.74, 6) is -0.763. The molecule has 33 heavy (non-hydrogen) atoms. The number of ketones is 1. The van der Waals surface area contributed by atoms with Gasteiger partial charge in [-0.3, -0.25) is 9.59 Å². The molecule has 0 saturated carbocycles. The Labute approximate surface area is 193 Å². The van der Waals surface area contributed by atoms with Crippen LogP contribution in [-0.4, -0.2) is 34.8 Å². The molecule has 0 radical (unpaired) electrons. The second kappa shape index (κ2) is 9.74. The standard InChI is InChI=1S/C28H27NO4/c1-3-33-23-15-13-22(14-16-23)26(30)24-25(21-11-9-19(2)10-12-21)29(28(32)27(24)31)18-17-20-7-5-4-6-8-20/h4-16,25,30H,3,17-18H2,1-2H3/t25-/m1/s1. The molecule has 168 valence electrons. The molecule has 3 aromatic carbocycles. The molecular weight excluding hydrogens is 414 g/mol. The summed E-state index contributed by atoms with van der Waals surface area (Å²) in [5.41, 5.74) is 3.53. The van der Waals surface area contributed by atoms with Gasteiger partial charge in [-0.05, 0) is 55.7 Å². The van der Waals surface area contributed by atoms with Crippen LogP contribution >= 0.6 is 0 Å². The van der Waals surface area contributed by atoms with Crippen LogP contribution in [-0.2, 0) is 16.0 Å². The van der Waals surface area contributed by atoms with E-state index in [9.17, 15) is 14.7 Å². The Kier molecular flexibility index (Phi) is 6.59. The van der Waals surface area contributed by atoms with Gasteiger partial charge in [0, 0.05) is 12.1 Å². The van der Waals surface area contributed by atoms with E-state index in [0.29, 0.717) is 30.9 Å². The van der Waals surface area contributed by atoms with Crippen LogP contribution in [0, 0.1) is 6.92 Å². The SMILES string of the molecule is CCOc1ccc(C(O)=C2C(=O)C(=O)N(CCc3ccccc3)[C@@H]2c2ccc(C)cc2)cc1. The van der Waals surface area contributed by atoms with E-state index in [0.717, 1.165) is 16.7 Å². The highest BCUT2D eigenvalue weighted by molar-refractivity contribution is 6.46. The summed E-state index contributed by atoms with van der Waals surface area (Å²) in [6.45, 7) is 4.78. The van der Waals surface area contributed by atoms with Crippen molar-refractivity contribution < 1.29 is 19.4 Å². The van der Waals surface area contributed by atoms with Crippen molar-refractivity contribution in [2.24, 2.45) is 0 Å². The number of hydrogen-bond donors (Lipinski definition) is 1. The number of rotatable bonds is 7. The summed E-state index contributed by atoms with van der Waals surface area (Å²) in [5, 5.41) is 11.2. The number of amides is 1. The third-order valence-electron chi connectivity index (χ3n) is 5.86. The summed E-state index contributed by atoms with van der Waals surface area (Å²) in [6.07, 6.45) is 0.610. The average molecular weight is 442 g/mol. The van der Waals surface area contributed by atoms with E-state index in [-0.39, 0.29) is 11.3 Å². The predicted molar refractivity (Wildman–Crippen MR) is 128 cm³/mol. The highest BCUT2D eigenvalue weighted by atomic mass is 16.5. The normalized spacial score (nSPS) is 17.4. The number of ether oxygens (including phenoxy) is 1. The molecule has 0 unspecified atom stereocenters. The molecule has 0 spiro atoms. The average Bonchev–Trinajstić information content (AvgIpc) is 3.09. The van der Waals surface area contributed by atoms with Gasteiger partial charge < -0.3 is 14.7 Å².